The number of aliphatic imine (C=N–C) groups is 1. The normalized spacial score (nSPS) is 17.2. The lowest BCUT2D eigenvalue weighted by Gasteiger charge is -2.26. The number of morpholine rings is 1. The molecule has 0 atom stereocenters. The van der Waals surface area contributed by atoms with E-state index in [0.29, 0.717) is 19.1 Å². The van der Waals surface area contributed by atoms with E-state index in [1.807, 2.05) is 24.3 Å². The Bertz CT molecular complexity index is 847. The van der Waals surface area contributed by atoms with Gasteiger partial charge in [-0.1, -0.05) is 24.3 Å². The minimum atomic E-state index is 0.422. The van der Waals surface area contributed by atoms with Crippen LogP contribution >= 0.6 is 0 Å². The van der Waals surface area contributed by atoms with Crippen LogP contribution in [0.15, 0.2) is 47.5 Å². The Kier molecular flexibility index (Phi) is 6.64. The number of nitrogens with one attached hydrogen (secondary N) is 1. The molecule has 6 nitrogen and oxygen atoms in total. The number of nitrogens with two attached hydrogens (primary N) is 1. The van der Waals surface area contributed by atoms with Gasteiger partial charge < -0.3 is 20.5 Å². The second-order valence-corrected chi connectivity index (χ2v) is 7.57. The van der Waals surface area contributed by atoms with Crippen LogP contribution in [0, 0.1) is 0 Å². The van der Waals surface area contributed by atoms with E-state index in [4.69, 9.17) is 15.2 Å². The summed E-state index contributed by atoms with van der Waals surface area (Å²) in [6, 6.07) is 14.5. The molecule has 4 rings (SSSR count). The van der Waals surface area contributed by atoms with Crippen LogP contribution < -0.4 is 15.8 Å². The number of para-hydroxylation sites is 1. The van der Waals surface area contributed by atoms with Crippen molar-refractivity contribution >= 4 is 11.6 Å². The third kappa shape index (κ3) is 5.49. The Labute approximate surface area is 172 Å². The fourth-order valence-electron chi connectivity index (χ4n) is 3.89. The van der Waals surface area contributed by atoms with Gasteiger partial charge in [0.05, 0.1) is 19.8 Å². The Morgan fingerprint density at radius 3 is 2.83 bits per heavy atom. The van der Waals surface area contributed by atoms with E-state index in [0.717, 1.165) is 56.3 Å². The van der Waals surface area contributed by atoms with E-state index in [2.05, 4.69) is 33.4 Å². The number of nitrogens with zero attached hydrogens (tertiary/aromatic N) is 2. The molecule has 1 fully saturated rings. The highest BCUT2D eigenvalue weighted by Crippen LogP contribution is 2.25. The molecule has 0 saturated carbocycles. The first-order chi connectivity index (χ1) is 14.3. The minimum absolute atomic E-state index is 0.422. The van der Waals surface area contributed by atoms with Crippen LogP contribution in [0.1, 0.15) is 23.1 Å². The van der Waals surface area contributed by atoms with Gasteiger partial charge in [-0.2, -0.15) is 0 Å². The van der Waals surface area contributed by atoms with Gasteiger partial charge in [-0.25, -0.2) is 4.99 Å². The molecule has 154 valence electrons. The SMILES string of the molecule is NC(=NCc1ccccc1OCCN1CCOCC1)Nc1ccc2c(c1)CCC2. The zero-order valence-corrected chi connectivity index (χ0v) is 16.9. The topological polar surface area (TPSA) is 72.1 Å². The number of fused-ring (bicyclic) bond motifs is 1. The molecule has 1 saturated heterocycles. The number of rotatable bonds is 7. The van der Waals surface area contributed by atoms with Gasteiger partial charge in [0.1, 0.15) is 12.4 Å². The molecule has 0 radical (unpaired) electrons. The predicted octanol–water partition coefficient (Wildman–Crippen LogP) is 2.81. The average Bonchev–Trinajstić information content (AvgIpc) is 3.22. The quantitative estimate of drug-likeness (QED) is 0.558. The van der Waals surface area contributed by atoms with Crippen molar-refractivity contribution in [2.45, 2.75) is 25.8 Å². The van der Waals surface area contributed by atoms with E-state index in [9.17, 15) is 0 Å². The maximum Gasteiger partial charge on any atom is 0.193 e. The third-order valence-corrected chi connectivity index (χ3v) is 5.53. The van der Waals surface area contributed by atoms with Crippen LogP contribution in [0.4, 0.5) is 5.69 Å². The second kappa shape index (κ2) is 9.76. The van der Waals surface area contributed by atoms with Crippen LogP contribution in [-0.2, 0) is 24.1 Å². The number of benzene rings is 2. The number of ether oxygens (including phenoxy) is 2. The maximum atomic E-state index is 6.13. The highest BCUT2D eigenvalue weighted by molar-refractivity contribution is 5.92. The average molecular weight is 395 g/mol. The van der Waals surface area contributed by atoms with Gasteiger partial charge in [0.15, 0.2) is 5.96 Å². The molecule has 2 aromatic carbocycles. The first-order valence-electron chi connectivity index (χ1n) is 10.5. The molecular weight excluding hydrogens is 364 g/mol. The zero-order valence-electron chi connectivity index (χ0n) is 16.9. The van der Waals surface area contributed by atoms with Gasteiger partial charge in [-0.15, -0.1) is 0 Å². The monoisotopic (exact) mass is 394 g/mol. The van der Waals surface area contributed by atoms with Crippen molar-refractivity contribution < 1.29 is 9.47 Å². The van der Waals surface area contributed by atoms with Gasteiger partial charge >= 0.3 is 0 Å². The minimum Gasteiger partial charge on any atom is -0.492 e. The molecule has 1 aliphatic carbocycles. The van der Waals surface area contributed by atoms with Crippen LogP contribution in [0.2, 0.25) is 0 Å². The molecule has 2 aliphatic rings. The molecule has 3 N–H and O–H groups in total. The van der Waals surface area contributed by atoms with Crippen LogP contribution in [0.5, 0.6) is 5.75 Å². The number of aryl methyl sites for hydroxylation is 2. The van der Waals surface area contributed by atoms with Crippen molar-refractivity contribution in [2.75, 3.05) is 44.8 Å². The Hall–Kier alpha value is -2.57. The highest BCUT2D eigenvalue weighted by atomic mass is 16.5. The fourth-order valence-corrected chi connectivity index (χ4v) is 3.89. The van der Waals surface area contributed by atoms with Crippen molar-refractivity contribution in [3.05, 3.63) is 59.2 Å². The molecule has 0 bridgehead atoms. The summed E-state index contributed by atoms with van der Waals surface area (Å²) in [6.07, 6.45) is 3.57. The second-order valence-electron chi connectivity index (χ2n) is 7.57. The van der Waals surface area contributed by atoms with Crippen molar-refractivity contribution in [3.63, 3.8) is 0 Å². The molecule has 29 heavy (non-hydrogen) atoms. The third-order valence-electron chi connectivity index (χ3n) is 5.53. The molecule has 0 spiro atoms. The Morgan fingerprint density at radius 1 is 1.10 bits per heavy atom. The Balaban J connectivity index is 1.31. The number of guanidine groups is 1. The molecular formula is C23H30N4O2. The van der Waals surface area contributed by atoms with Crippen molar-refractivity contribution in [1.29, 1.82) is 0 Å². The lowest BCUT2D eigenvalue weighted by Crippen LogP contribution is -2.38. The summed E-state index contributed by atoms with van der Waals surface area (Å²) >= 11 is 0. The maximum absolute atomic E-state index is 6.13. The predicted molar refractivity (Wildman–Crippen MR) is 117 cm³/mol. The summed E-state index contributed by atoms with van der Waals surface area (Å²) < 4.78 is 11.4. The smallest absolute Gasteiger partial charge is 0.193 e. The summed E-state index contributed by atoms with van der Waals surface area (Å²) in [5.41, 5.74) is 11.0. The Morgan fingerprint density at radius 2 is 1.93 bits per heavy atom. The van der Waals surface area contributed by atoms with E-state index >= 15 is 0 Å². The summed E-state index contributed by atoms with van der Waals surface area (Å²) in [7, 11) is 0. The first kappa shape index (κ1) is 19.7. The first-order valence-corrected chi connectivity index (χ1v) is 10.5. The zero-order chi connectivity index (χ0) is 19.9. The van der Waals surface area contributed by atoms with Gasteiger partial charge in [0, 0.05) is 30.9 Å². The summed E-state index contributed by atoms with van der Waals surface area (Å²) in [5.74, 6) is 1.29. The van der Waals surface area contributed by atoms with Gasteiger partial charge in [-0.3, -0.25) is 4.90 Å². The van der Waals surface area contributed by atoms with Crippen LogP contribution in [0.25, 0.3) is 0 Å². The van der Waals surface area contributed by atoms with E-state index in [1.54, 1.807) is 0 Å². The van der Waals surface area contributed by atoms with E-state index in [-0.39, 0.29) is 0 Å². The molecule has 1 aliphatic heterocycles. The number of hydrogen-bond acceptors (Lipinski definition) is 4. The van der Waals surface area contributed by atoms with Crippen LogP contribution in [-0.4, -0.2) is 50.3 Å². The molecule has 6 heteroatoms. The lowest BCUT2D eigenvalue weighted by atomic mass is 10.1. The summed E-state index contributed by atoms with van der Waals surface area (Å²) in [5, 5.41) is 3.22. The lowest BCUT2D eigenvalue weighted by molar-refractivity contribution is 0.0322. The molecule has 0 amide bonds. The number of anilines is 1. The summed E-state index contributed by atoms with van der Waals surface area (Å²) in [6.45, 7) is 5.61. The van der Waals surface area contributed by atoms with Crippen LogP contribution in [0.3, 0.4) is 0 Å². The van der Waals surface area contributed by atoms with Crippen molar-refractivity contribution in [2.24, 2.45) is 10.7 Å². The highest BCUT2D eigenvalue weighted by Gasteiger charge is 2.12. The van der Waals surface area contributed by atoms with Crippen molar-refractivity contribution in [3.8, 4) is 5.75 Å². The van der Waals surface area contributed by atoms with E-state index < -0.39 is 0 Å². The summed E-state index contributed by atoms with van der Waals surface area (Å²) in [4.78, 5) is 6.88. The largest absolute Gasteiger partial charge is 0.492 e. The molecule has 2 aromatic rings. The van der Waals surface area contributed by atoms with Crippen molar-refractivity contribution in [1.82, 2.24) is 4.90 Å². The van der Waals surface area contributed by atoms with E-state index in [1.165, 1.54) is 24.0 Å². The molecule has 0 aromatic heterocycles. The molecule has 0 unspecified atom stereocenters. The van der Waals surface area contributed by atoms with Gasteiger partial charge in [0.25, 0.3) is 0 Å². The fraction of sp³-hybridized carbons (Fsp3) is 0.435. The molecule has 1 heterocycles. The number of hydrogen-bond donors (Lipinski definition) is 2. The standard InChI is InChI=1S/C23H30N4O2/c24-23(26-21-9-8-18-5-3-6-19(18)16-21)25-17-20-4-1-2-7-22(20)29-15-12-27-10-13-28-14-11-27/h1-2,4,7-9,16H,3,5-6,10-15,17H2,(H3,24,25,26). The van der Waals surface area contributed by atoms with Gasteiger partial charge in [0.2, 0.25) is 0 Å². The van der Waals surface area contributed by atoms with Gasteiger partial charge in [-0.05, 0) is 48.6 Å².